The standard InChI is InChI=1S/C23H24N4O3/c1-15-5-4-6-20(16(15)2)27-23(29)26-14-17-7-9-18(10-8-17)30-19-11-12-25-21(13-19)22(28)24-3/h4-13H,14H2,1-3H3,(H,24,28)(H2,26,27,29). The number of ether oxygens (including phenoxy) is 1. The number of carbonyl (C=O) groups is 2. The molecular formula is C23H24N4O3. The van der Waals surface area contributed by atoms with Gasteiger partial charge in [-0.25, -0.2) is 4.79 Å². The molecule has 0 saturated carbocycles. The van der Waals surface area contributed by atoms with Crippen molar-refractivity contribution in [1.29, 1.82) is 0 Å². The zero-order chi connectivity index (χ0) is 21.5. The van der Waals surface area contributed by atoms with Gasteiger partial charge in [-0.3, -0.25) is 9.78 Å². The van der Waals surface area contributed by atoms with E-state index in [1.165, 1.54) is 6.20 Å². The molecular weight excluding hydrogens is 380 g/mol. The predicted octanol–water partition coefficient (Wildman–Crippen LogP) is 4.17. The van der Waals surface area contributed by atoms with Crippen LogP contribution in [-0.2, 0) is 6.54 Å². The number of amides is 3. The summed E-state index contributed by atoms with van der Waals surface area (Å²) >= 11 is 0. The molecule has 2 aromatic carbocycles. The van der Waals surface area contributed by atoms with Crippen molar-refractivity contribution in [3.63, 3.8) is 0 Å². The number of rotatable bonds is 6. The lowest BCUT2D eigenvalue weighted by molar-refractivity contribution is 0.0958. The lowest BCUT2D eigenvalue weighted by Gasteiger charge is -2.12. The number of nitrogens with one attached hydrogen (secondary N) is 3. The fraction of sp³-hybridized carbons (Fsp3) is 0.174. The van der Waals surface area contributed by atoms with Crippen LogP contribution < -0.4 is 20.7 Å². The Bertz CT molecular complexity index is 1050. The number of aromatic nitrogens is 1. The van der Waals surface area contributed by atoms with E-state index in [1.54, 1.807) is 31.3 Å². The molecule has 0 unspecified atom stereocenters. The zero-order valence-corrected chi connectivity index (χ0v) is 17.2. The second kappa shape index (κ2) is 9.56. The van der Waals surface area contributed by atoms with Gasteiger partial charge < -0.3 is 20.7 Å². The maximum absolute atomic E-state index is 12.2. The lowest BCUT2D eigenvalue weighted by Crippen LogP contribution is -2.28. The molecule has 7 heteroatoms. The van der Waals surface area contributed by atoms with Gasteiger partial charge in [-0.05, 0) is 54.8 Å². The van der Waals surface area contributed by atoms with Gasteiger partial charge in [0.1, 0.15) is 17.2 Å². The number of benzene rings is 2. The third kappa shape index (κ3) is 5.35. The average Bonchev–Trinajstić information content (AvgIpc) is 2.76. The molecule has 0 radical (unpaired) electrons. The van der Waals surface area contributed by atoms with Crippen LogP contribution in [0.4, 0.5) is 10.5 Å². The summed E-state index contributed by atoms with van der Waals surface area (Å²) in [6.07, 6.45) is 1.52. The second-order valence-corrected chi connectivity index (χ2v) is 6.76. The van der Waals surface area contributed by atoms with Crippen LogP contribution in [0.1, 0.15) is 27.2 Å². The molecule has 0 spiro atoms. The largest absolute Gasteiger partial charge is 0.457 e. The van der Waals surface area contributed by atoms with Crippen LogP contribution in [0.15, 0.2) is 60.8 Å². The molecule has 154 valence electrons. The van der Waals surface area contributed by atoms with E-state index in [9.17, 15) is 9.59 Å². The molecule has 3 N–H and O–H groups in total. The van der Waals surface area contributed by atoms with Crippen molar-refractivity contribution in [3.8, 4) is 11.5 Å². The van der Waals surface area contributed by atoms with Gasteiger partial charge in [-0.15, -0.1) is 0 Å². The van der Waals surface area contributed by atoms with Crippen LogP contribution in [-0.4, -0.2) is 24.0 Å². The van der Waals surface area contributed by atoms with Gasteiger partial charge >= 0.3 is 6.03 Å². The van der Waals surface area contributed by atoms with Gasteiger partial charge in [0.05, 0.1) is 0 Å². The van der Waals surface area contributed by atoms with E-state index in [-0.39, 0.29) is 17.6 Å². The minimum atomic E-state index is -0.277. The summed E-state index contributed by atoms with van der Waals surface area (Å²) in [7, 11) is 1.55. The number of aryl methyl sites for hydroxylation is 1. The fourth-order valence-electron chi connectivity index (χ4n) is 2.77. The Kier molecular flexibility index (Phi) is 6.64. The molecule has 7 nitrogen and oxygen atoms in total. The van der Waals surface area contributed by atoms with Crippen molar-refractivity contribution in [1.82, 2.24) is 15.6 Å². The van der Waals surface area contributed by atoms with Crippen molar-refractivity contribution in [2.24, 2.45) is 0 Å². The number of pyridine rings is 1. The molecule has 0 bridgehead atoms. The highest BCUT2D eigenvalue weighted by molar-refractivity contribution is 5.92. The van der Waals surface area contributed by atoms with Crippen LogP contribution in [0.25, 0.3) is 0 Å². The predicted molar refractivity (Wildman–Crippen MR) is 116 cm³/mol. The first-order chi connectivity index (χ1) is 14.5. The maximum Gasteiger partial charge on any atom is 0.319 e. The monoisotopic (exact) mass is 404 g/mol. The molecule has 0 fully saturated rings. The van der Waals surface area contributed by atoms with Gasteiger partial charge in [-0.1, -0.05) is 24.3 Å². The summed E-state index contributed by atoms with van der Waals surface area (Å²) in [5.41, 5.74) is 4.18. The van der Waals surface area contributed by atoms with Crippen LogP contribution in [0, 0.1) is 13.8 Å². The summed E-state index contributed by atoms with van der Waals surface area (Å²) in [6.45, 7) is 4.37. The number of nitrogens with zero attached hydrogens (tertiary/aromatic N) is 1. The Morgan fingerprint density at radius 2 is 1.77 bits per heavy atom. The molecule has 3 aromatic rings. The fourth-order valence-corrected chi connectivity index (χ4v) is 2.77. The topological polar surface area (TPSA) is 92.4 Å². The maximum atomic E-state index is 12.2. The van der Waals surface area contributed by atoms with Crippen molar-refractivity contribution < 1.29 is 14.3 Å². The van der Waals surface area contributed by atoms with Crippen LogP contribution in [0.5, 0.6) is 11.5 Å². The molecule has 3 amide bonds. The van der Waals surface area contributed by atoms with Crippen molar-refractivity contribution in [3.05, 3.63) is 83.2 Å². The highest BCUT2D eigenvalue weighted by atomic mass is 16.5. The molecule has 0 saturated heterocycles. The van der Waals surface area contributed by atoms with E-state index in [0.29, 0.717) is 18.0 Å². The quantitative estimate of drug-likeness (QED) is 0.575. The Morgan fingerprint density at radius 3 is 2.50 bits per heavy atom. The van der Waals surface area contributed by atoms with Gasteiger partial charge in [-0.2, -0.15) is 0 Å². The second-order valence-electron chi connectivity index (χ2n) is 6.76. The SMILES string of the molecule is CNC(=O)c1cc(Oc2ccc(CNC(=O)Nc3cccc(C)c3C)cc2)ccn1. The smallest absolute Gasteiger partial charge is 0.319 e. The highest BCUT2D eigenvalue weighted by Gasteiger charge is 2.08. The Morgan fingerprint density at radius 1 is 1.00 bits per heavy atom. The minimum absolute atomic E-state index is 0.262. The van der Waals surface area contributed by atoms with Crippen molar-refractivity contribution in [2.75, 3.05) is 12.4 Å². The first-order valence-electron chi connectivity index (χ1n) is 9.52. The summed E-state index contributed by atoms with van der Waals surface area (Å²) in [5.74, 6) is 0.857. The van der Waals surface area contributed by atoms with E-state index in [2.05, 4.69) is 20.9 Å². The molecule has 0 atom stereocenters. The molecule has 0 aliphatic rings. The number of anilines is 1. The summed E-state index contributed by atoms with van der Waals surface area (Å²) in [6, 6.07) is 16.1. The highest BCUT2D eigenvalue weighted by Crippen LogP contribution is 2.22. The first kappa shape index (κ1) is 20.9. The van der Waals surface area contributed by atoms with E-state index in [4.69, 9.17) is 4.74 Å². The van der Waals surface area contributed by atoms with E-state index in [1.807, 2.05) is 44.2 Å². The molecule has 3 rings (SSSR count). The van der Waals surface area contributed by atoms with Gasteiger partial charge in [0.2, 0.25) is 0 Å². The van der Waals surface area contributed by atoms with Crippen LogP contribution >= 0.6 is 0 Å². The molecule has 1 heterocycles. The average molecular weight is 404 g/mol. The van der Waals surface area contributed by atoms with Gasteiger partial charge in [0.25, 0.3) is 5.91 Å². The van der Waals surface area contributed by atoms with E-state index >= 15 is 0 Å². The van der Waals surface area contributed by atoms with Crippen LogP contribution in [0.2, 0.25) is 0 Å². The summed E-state index contributed by atoms with van der Waals surface area (Å²) < 4.78 is 5.78. The lowest BCUT2D eigenvalue weighted by atomic mass is 10.1. The normalized spacial score (nSPS) is 10.2. The molecule has 0 aliphatic heterocycles. The number of hydrogen-bond donors (Lipinski definition) is 3. The Labute approximate surface area is 175 Å². The Hall–Kier alpha value is -3.87. The van der Waals surface area contributed by atoms with Gasteiger partial charge in [0.15, 0.2) is 0 Å². The number of hydrogen-bond acceptors (Lipinski definition) is 4. The molecule has 30 heavy (non-hydrogen) atoms. The number of carbonyl (C=O) groups excluding carboxylic acids is 2. The van der Waals surface area contributed by atoms with E-state index in [0.717, 1.165) is 22.4 Å². The third-order valence-electron chi connectivity index (χ3n) is 4.66. The van der Waals surface area contributed by atoms with E-state index < -0.39 is 0 Å². The zero-order valence-electron chi connectivity index (χ0n) is 17.2. The van der Waals surface area contributed by atoms with Gasteiger partial charge in [0, 0.05) is 31.5 Å². The number of urea groups is 1. The Balaban J connectivity index is 1.55. The van der Waals surface area contributed by atoms with Crippen molar-refractivity contribution in [2.45, 2.75) is 20.4 Å². The summed E-state index contributed by atoms with van der Waals surface area (Å²) in [5, 5.41) is 8.24. The minimum Gasteiger partial charge on any atom is -0.457 e. The van der Waals surface area contributed by atoms with Crippen LogP contribution in [0.3, 0.4) is 0 Å². The first-order valence-corrected chi connectivity index (χ1v) is 9.52. The van der Waals surface area contributed by atoms with Crippen molar-refractivity contribution >= 4 is 17.6 Å². The summed E-state index contributed by atoms with van der Waals surface area (Å²) in [4.78, 5) is 27.9. The molecule has 0 aliphatic carbocycles. The third-order valence-corrected chi connectivity index (χ3v) is 4.66. The molecule has 1 aromatic heterocycles.